The number of methoxy groups -OCH3 is 1. The first-order valence-corrected chi connectivity index (χ1v) is 12.0. The molecule has 0 spiro atoms. The van der Waals surface area contributed by atoms with Crippen molar-refractivity contribution in [2.75, 3.05) is 46.9 Å². The van der Waals surface area contributed by atoms with Crippen LogP contribution in [0.5, 0.6) is 5.75 Å². The average Bonchev–Trinajstić information content (AvgIpc) is 3.13. The molecule has 1 aromatic heterocycles. The molecule has 4 rings (SSSR count). The summed E-state index contributed by atoms with van der Waals surface area (Å²) in [4.78, 5) is 17.5. The Morgan fingerprint density at radius 2 is 1.97 bits per heavy atom. The zero-order chi connectivity index (χ0) is 23.2. The van der Waals surface area contributed by atoms with E-state index in [1.54, 1.807) is 7.11 Å². The third-order valence-electron chi connectivity index (χ3n) is 6.78. The van der Waals surface area contributed by atoms with Gasteiger partial charge >= 0.3 is 0 Å². The fourth-order valence-corrected chi connectivity index (χ4v) is 4.69. The number of ether oxygens (including phenoxy) is 1. The maximum atomic E-state index is 12.8. The third-order valence-corrected chi connectivity index (χ3v) is 6.78. The van der Waals surface area contributed by atoms with Crippen molar-refractivity contribution in [3.05, 3.63) is 47.6 Å². The third kappa shape index (κ3) is 5.81. The lowest BCUT2D eigenvalue weighted by molar-refractivity contribution is -0.127. The largest absolute Gasteiger partial charge is 0.496 e. The van der Waals surface area contributed by atoms with E-state index in [0.29, 0.717) is 0 Å². The monoisotopic (exact) mass is 452 g/mol. The van der Waals surface area contributed by atoms with E-state index >= 15 is 0 Å². The van der Waals surface area contributed by atoms with Gasteiger partial charge in [-0.1, -0.05) is 30.4 Å². The molecule has 8 heteroatoms. The number of fused-ring (bicyclic) bond motifs is 1. The average molecular weight is 453 g/mol. The van der Waals surface area contributed by atoms with E-state index in [9.17, 15) is 4.79 Å². The summed E-state index contributed by atoms with van der Waals surface area (Å²) in [6.07, 6.45) is 7.01. The molecule has 2 aromatic rings. The number of para-hydroxylation sites is 1. The van der Waals surface area contributed by atoms with Crippen LogP contribution in [0.4, 0.5) is 0 Å². The molecule has 1 N–H and O–H groups in total. The minimum absolute atomic E-state index is 0.0979. The van der Waals surface area contributed by atoms with E-state index in [1.807, 2.05) is 25.1 Å². The van der Waals surface area contributed by atoms with Gasteiger partial charge in [-0.15, -0.1) is 10.2 Å². The van der Waals surface area contributed by atoms with E-state index < -0.39 is 0 Å². The number of hydrogen-bond acceptors (Lipinski definition) is 6. The molecule has 1 fully saturated rings. The SMILES string of the molecule is COc1ccccc1C=CCN1CCc2nnc(C(C)NC(=O)C3CCN(C)CC3)n2CC1. The summed E-state index contributed by atoms with van der Waals surface area (Å²) in [5.41, 5.74) is 1.09. The van der Waals surface area contributed by atoms with Crippen LogP contribution >= 0.6 is 0 Å². The maximum absolute atomic E-state index is 12.8. The van der Waals surface area contributed by atoms with E-state index in [4.69, 9.17) is 4.74 Å². The standard InChI is InChI=1S/C25H36N6O2/c1-19(26-25(32)21-10-14-29(2)15-11-21)24-28-27-23-12-16-30(17-18-31(23)24)13-6-8-20-7-4-5-9-22(20)33-3/h4-9,19,21H,10-18H2,1-3H3,(H,26,32). The summed E-state index contributed by atoms with van der Waals surface area (Å²) in [7, 11) is 3.81. The molecule has 1 aromatic carbocycles. The van der Waals surface area contributed by atoms with Gasteiger partial charge in [0.1, 0.15) is 11.6 Å². The second-order valence-electron chi connectivity index (χ2n) is 9.13. The Kier molecular flexibility index (Phi) is 7.77. The highest BCUT2D eigenvalue weighted by Crippen LogP contribution is 2.21. The summed E-state index contributed by atoms with van der Waals surface area (Å²) in [5, 5.41) is 12.1. The number of rotatable bonds is 7. The van der Waals surface area contributed by atoms with Gasteiger partial charge in [-0.25, -0.2) is 0 Å². The predicted molar refractivity (Wildman–Crippen MR) is 129 cm³/mol. The molecule has 1 amide bonds. The first-order chi connectivity index (χ1) is 16.0. The highest BCUT2D eigenvalue weighted by Gasteiger charge is 2.27. The van der Waals surface area contributed by atoms with Gasteiger partial charge < -0.3 is 19.5 Å². The van der Waals surface area contributed by atoms with Crippen molar-refractivity contribution in [2.45, 2.75) is 38.8 Å². The molecule has 3 heterocycles. The van der Waals surface area contributed by atoms with Gasteiger partial charge in [0.05, 0.1) is 13.2 Å². The minimum atomic E-state index is -0.143. The normalized spacial score (nSPS) is 19.2. The van der Waals surface area contributed by atoms with E-state index in [-0.39, 0.29) is 17.9 Å². The highest BCUT2D eigenvalue weighted by molar-refractivity contribution is 5.79. The number of nitrogens with zero attached hydrogens (tertiary/aromatic N) is 5. The molecule has 0 saturated carbocycles. The molecule has 2 aliphatic heterocycles. The van der Waals surface area contributed by atoms with Crippen molar-refractivity contribution in [2.24, 2.45) is 5.92 Å². The molecule has 1 unspecified atom stereocenters. The van der Waals surface area contributed by atoms with Gasteiger partial charge in [0, 0.05) is 44.1 Å². The Labute approximate surface area is 196 Å². The number of carbonyl (C=O) groups excluding carboxylic acids is 1. The van der Waals surface area contributed by atoms with Crippen LogP contribution in [0.25, 0.3) is 6.08 Å². The van der Waals surface area contributed by atoms with Gasteiger partial charge in [-0.3, -0.25) is 9.69 Å². The minimum Gasteiger partial charge on any atom is -0.496 e. The fraction of sp³-hybridized carbons (Fsp3) is 0.560. The lowest BCUT2D eigenvalue weighted by Gasteiger charge is -2.29. The Balaban J connectivity index is 1.32. The van der Waals surface area contributed by atoms with Crippen LogP contribution in [-0.2, 0) is 17.8 Å². The van der Waals surface area contributed by atoms with E-state index in [1.165, 1.54) is 0 Å². The van der Waals surface area contributed by atoms with Crippen LogP contribution in [0.15, 0.2) is 30.3 Å². The molecule has 2 aliphatic rings. The number of aromatic nitrogens is 3. The number of hydrogen-bond donors (Lipinski definition) is 1. The quantitative estimate of drug-likeness (QED) is 0.695. The molecule has 0 aliphatic carbocycles. The van der Waals surface area contributed by atoms with Crippen LogP contribution < -0.4 is 10.1 Å². The Hall–Kier alpha value is -2.71. The summed E-state index contributed by atoms with van der Waals surface area (Å²) in [6, 6.07) is 7.90. The van der Waals surface area contributed by atoms with Crippen LogP contribution in [0.2, 0.25) is 0 Å². The van der Waals surface area contributed by atoms with Crippen LogP contribution in [0.1, 0.15) is 43.0 Å². The van der Waals surface area contributed by atoms with Crippen LogP contribution in [0, 0.1) is 5.92 Å². The molecule has 0 bridgehead atoms. The Morgan fingerprint density at radius 1 is 1.18 bits per heavy atom. The first-order valence-electron chi connectivity index (χ1n) is 12.0. The fourth-order valence-electron chi connectivity index (χ4n) is 4.69. The van der Waals surface area contributed by atoms with Gasteiger partial charge in [0.25, 0.3) is 0 Å². The summed E-state index contributed by atoms with van der Waals surface area (Å²) in [5.74, 6) is 2.99. The zero-order valence-electron chi connectivity index (χ0n) is 20.0. The number of piperidine rings is 1. The molecule has 0 radical (unpaired) electrons. The molecule has 8 nitrogen and oxygen atoms in total. The van der Waals surface area contributed by atoms with Gasteiger partial charge in [0.2, 0.25) is 5.91 Å². The summed E-state index contributed by atoms with van der Waals surface area (Å²) in [6.45, 7) is 7.53. The summed E-state index contributed by atoms with van der Waals surface area (Å²) >= 11 is 0. The predicted octanol–water partition coefficient (Wildman–Crippen LogP) is 2.38. The van der Waals surface area contributed by atoms with Crippen molar-refractivity contribution in [3.63, 3.8) is 0 Å². The molecular formula is C25H36N6O2. The number of amides is 1. The van der Waals surface area contributed by atoms with Crippen LogP contribution in [-0.4, -0.2) is 77.4 Å². The van der Waals surface area contributed by atoms with Crippen molar-refractivity contribution < 1.29 is 9.53 Å². The molecule has 1 atom stereocenters. The smallest absolute Gasteiger partial charge is 0.223 e. The van der Waals surface area contributed by atoms with Gasteiger partial charge in [-0.05, 0) is 46.0 Å². The van der Waals surface area contributed by atoms with Gasteiger partial charge in [0.15, 0.2) is 5.82 Å². The molecular weight excluding hydrogens is 416 g/mol. The summed E-state index contributed by atoms with van der Waals surface area (Å²) < 4.78 is 7.63. The number of benzene rings is 1. The van der Waals surface area contributed by atoms with E-state index in [0.717, 1.165) is 81.5 Å². The molecule has 178 valence electrons. The van der Waals surface area contributed by atoms with Gasteiger partial charge in [-0.2, -0.15) is 0 Å². The first kappa shape index (κ1) is 23.4. The lowest BCUT2D eigenvalue weighted by atomic mass is 9.96. The molecule has 33 heavy (non-hydrogen) atoms. The lowest BCUT2D eigenvalue weighted by Crippen LogP contribution is -2.40. The van der Waals surface area contributed by atoms with Crippen molar-refractivity contribution in [1.82, 2.24) is 29.9 Å². The van der Waals surface area contributed by atoms with Crippen LogP contribution in [0.3, 0.4) is 0 Å². The number of carbonyl (C=O) groups is 1. The number of nitrogens with one attached hydrogen (secondary N) is 1. The van der Waals surface area contributed by atoms with Crippen molar-refractivity contribution in [1.29, 1.82) is 0 Å². The van der Waals surface area contributed by atoms with Crippen molar-refractivity contribution in [3.8, 4) is 5.75 Å². The zero-order valence-corrected chi connectivity index (χ0v) is 20.0. The Bertz CT molecular complexity index is 964. The number of likely N-dealkylation sites (tertiary alicyclic amines) is 1. The second kappa shape index (κ2) is 10.9. The maximum Gasteiger partial charge on any atom is 0.223 e. The van der Waals surface area contributed by atoms with E-state index in [2.05, 4.69) is 55.1 Å². The van der Waals surface area contributed by atoms with Crippen molar-refractivity contribution >= 4 is 12.0 Å². The molecule has 1 saturated heterocycles. The Morgan fingerprint density at radius 3 is 2.76 bits per heavy atom. The second-order valence-corrected chi connectivity index (χ2v) is 9.13. The highest BCUT2D eigenvalue weighted by atomic mass is 16.5. The topological polar surface area (TPSA) is 75.5 Å².